The Morgan fingerprint density at radius 1 is 0.944 bits per heavy atom. The van der Waals surface area contributed by atoms with Crippen molar-refractivity contribution in [2.75, 3.05) is 0 Å². The summed E-state index contributed by atoms with van der Waals surface area (Å²) in [6.07, 6.45) is 1.93. The Balaban J connectivity index is 2.05. The number of benzene rings is 2. The van der Waals surface area contributed by atoms with Gasteiger partial charge in [-0.3, -0.25) is 4.99 Å². The number of hydrogen-bond donors (Lipinski definition) is 0. The van der Waals surface area contributed by atoms with Crippen LogP contribution in [0.25, 0.3) is 10.1 Å². The molecule has 0 spiro atoms. The highest BCUT2D eigenvalue weighted by molar-refractivity contribution is 9.11. The average Bonchev–Trinajstić information content (AvgIpc) is 2.73. The Morgan fingerprint density at radius 2 is 1.67 bits per heavy atom. The second-order valence-electron chi connectivity index (χ2n) is 3.88. The summed E-state index contributed by atoms with van der Waals surface area (Å²) < 4.78 is 2.40. The van der Waals surface area contributed by atoms with E-state index in [1.807, 2.05) is 36.5 Å². The van der Waals surface area contributed by atoms with Crippen molar-refractivity contribution < 1.29 is 0 Å². The van der Waals surface area contributed by atoms with E-state index in [2.05, 4.69) is 45.2 Å². The molecule has 1 aromatic heterocycles. The van der Waals surface area contributed by atoms with Gasteiger partial charge in [-0.25, -0.2) is 0 Å². The van der Waals surface area contributed by atoms with E-state index in [-0.39, 0.29) is 0 Å². The first-order valence-corrected chi connectivity index (χ1v) is 7.22. The molecular formula is C15H10BrNS. The van der Waals surface area contributed by atoms with Gasteiger partial charge in [0.25, 0.3) is 0 Å². The highest BCUT2D eigenvalue weighted by Crippen LogP contribution is 2.34. The van der Waals surface area contributed by atoms with E-state index in [4.69, 9.17) is 0 Å². The van der Waals surface area contributed by atoms with E-state index in [9.17, 15) is 0 Å². The lowest BCUT2D eigenvalue weighted by atomic mass is 10.2. The molecule has 0 bridgehead atoms. The molecule has 0 fully saturated rings. The maximum absolute atomic E-state index is 4.51. The summed E-state index contributed by atoms with van der Waals surface area (Å²) in [6.45, 7) is 0. The topological polar surface area (TPSA) is 12.4 Å². The van der Waals surface area contributed by atoms with Gasteiger partial charge in [-0.2, -0.15) is 0 Å². The van der Waals surface area contributed by atoms with Crippen LogP contribution in [0.4, 0.5) is 5.69 Å². The molecule has 3 rings (SSSR count). The van der Waals surface area contributed by atoms with Crippen LogP contribution in [0.15, 0.2) is 63.4 Å². The molecule has 3 aromatic rings. The van der Waals surface area contributed by atoms with Gasteiger partial charge in [-0.15, -0.1) is 11.3 Å². The lowest BCUT2D eigenvalue weighted by Gasteiger charge is -1.93. The Morgan fingerprint density at radius 3 is 2.50 bits per heavy atom. The van der Waals surface area contributed by atoms with Crippen LogP contribution < -0.4 is 0 Å². The van der Waals surface area contributed by atoms with Crippen LogP contribution in [-0.4, -0.2) is 6.21 Å². The Labute approximate surface area is 118 Å². The molecule has 0 radical (unpaired) electrons. The standard InChI is InChI=1S/C15H10BrNS/c16-15-13(10-17-11-6-2-1-3-7-11)12-8-4-5-9-14(12)18-15/h1-10H. The number of hydrogen-bond acceptors (Lipinski definition) is 2. The van der Waals surface area contributed by atoms with Crippen LogP contribution in [0.3, 0.4) is 0 Å². The normalized spacial score (nSPS) is 11.4. The van der Waals surface area contributed by atoms with Gasteiger partial charge in [0.15, 0.2) is 0 Å². The van der Waals surface area contributed by atoms with Gasteiger partial charge in [-0.05, 0) is 34.1 Å². The van der Waals surface area contributed by atoms with Gasteiger partial charge in [-0.1, -0.05) is 36.4 Å². The minimum absolute atomic E-state index is 0.972. The third kappa shape index (κ3) is 2.24. The zero-order valence-corrected chi connectivity index (χ0v) is 11.9. The van der Waals surface area contributed by atoms with Crippen molar-refractivity contribution in [2.24, 2.45) is 4.99 Å². The molecule has 0 aliphatic heterocycles. The second-order valence-corrected chi connectivity index (χ2v) is 6.25. The molecular weight excluding hydrogens is 306 g/mol. The van der Waals surface area contributed by atoms with Crippen molar-refractivity contribution in [3.63, 3.8) is 0 Å². The number of aliphatic imine (C=N–C) groups is 1. The third-order valence-corrected chi connectivity index (χ3v) is 4.58. The summed E-state index contributed by atoms with van der Waals surface area (Å²) in [6, 6.07) is 18.4. The van der Waals surface area contributed by atoms with Crippen LogP contribution in [0.2, 0.25) is 0 Å². The Hall–Kier alpha value is -1.45. The van der Waals surface area contributed by atoms with E-state index < -0.39 is 0 Å². The summed E-state index contributed by atoms with van der Waals surface area (Å²) >= 11 is 5.35. The molecule has 1 heterocycles. The number of nitrogens with zero attached hydrogens (tertiary/aromatic N) is 1. The average molecular weight is 316 g/mol. The Bertz CT molecular complexity index is 701. The molecule has 2 aromatic carbocycles. The van der Waals surface area contributed by atoms with Crippen LogP contribution >= 0.6 is 27.3 Å². The number of thiophene rings is 1. The fourth-order valence-corrected chi connectivity index (χ4v) is 3.55. The van der Waals surface area contributed by atoms with Crippen molar-refractivity contribution in [3.8, 4) is 0 Å². The molecule has 88 valence electrons. The minimum Gasteiger partial charge on any atom is -0.256 e. The molecule has 18 heavy (non-hydrogen) atoms. The second kappa shape index (κ2) is 5.04. The summed E-state index contributed by atoms with van der Waals surface area (Å²) in [5.74, 6) is 0. The monoisotopic (exact) mass is 315 g/mol. The van der Waals surface area contributed by atoms with Crippen LogP contribution in [-0.2, 0) is 0 Å². The van der Waals surface area contributed by atoms with Crippen molar-refractivity contribution in [3.05, 3.63) is 63.9 Å². The first-order chi connectivity index (χ1) is 8.84. The largest absolute Gasteiger partial charge is 0.256 e. The van der Waals surface area contributed by atoms with Gasteiger partial charge in [0.2, 0.25) is 0 Å². The molecule has 0 atom stereocenters. The van der Waals surface area contributed by atoms with Gasteiger partial charge >= 0.3 is 0 Å². The zero-order valence-electron chi connectivity index (χ0n) is 9.51. The van der Waals surface area contributed by atoms with Crippen LogP contribution in [0, 0.1) is 0 Å². The first-order valence-electron chi connectivity index (χ1n) is 5.61. The maximum Gasteiger partial charge on any atom is 0.0798 e. The molecule has 3 heteroatoms. The predicted octanol–water partition coefficient (Wildman–Crippen LogP) is 5.41. The highest BCUT2D eigenvalue weighted by atomic mass is 79.9. The lowest BCUT2D eigenvalue weighted by molar-refractivity contribution is 1.53. The number of para-hydroxylation sites is 1. The minimum atomic E-state index is 0.972. The fourth-order valence-electron chi connectivity index (χ4n) is 1.81. The number of fused-ring (bicyclic) bond motifs is 1. The Kier molecular flexibility index (Phi) is 3.26. The zero-order chi connectivity index (χ0) is 12.4. The molecule has 0 saturated heterocycles. The van der Waals surface area contributed by atoms with Crippen LogP contribution in [0.5, 0.6) is 0 Å². The maximum atomic E-state index is 4.51. The lowest BCUT2D eigenvalue weighted by Crippen LogP contribution is -1.78. The quantitative estimate of drug-likeness (QED) is 0.560. The van der Waals surface area contributed by atoms with Gasteiger partial charge in [0, 0.05) is 21.9 Å². The smallest absolute Gasteiger partial charge is 0.0798 e. The van der Waals surface area contributed by atoms with Crippen molar-refractivity contribution in [2.45, 2.75) is 0 Å². The molecule has 0 unspecified atom stereocenters. The summed E-state index contributed by atoms with van der Waals surface area (Å²) in [5.41, 5.74) is 2.12. The van der Waals surface area contributed by atoms with Crippen molar-refractivity contribution in [1.29, 1.82) is 0 Å². The summed E-state index contributed by atoms with van der Waals surface area (Å²) in [7, 11) is 0. The molecule has 0 saturated carbocycles. The van der Waals surface area contributed by atoms with E-state index in [0.717, 1.165) is 15.0 Å². The highest BCUT2D eigenvalue weighted by Gasteiger charge is 2.06. The molecule has 0 N–H and O–H groups in total. The molecule has 1 nitrogen and oxygen atoms in total. The molecule has 0 aliphatic rings. The number of halogens is 1. The SMILES string of the molecule is Brc1sc2ccccc2c1C=Nc1ccccc1. The van der Waals surface area contributed by atoms with Gasteiger partial charge < -0.3 is 0 Å². The van der Waals surface area contributed by atoms with Crippen molar-refractivity contribution >= 4 is 49.3 Å². The van der Waals surface area contributed by atoms with Gasteiger partial charge in [0.05, 0.1) is 9.47 Å². The van der Waals surface area contributed by atoms with E-state index in [1.165, 1.54) is 10.1 Å². The third-order valence-electron chi connectivity index (χ3n) is 2.69. The molecule has 0 amide bonds. The summed E-state index contributed by atoms with van der Waals surface area (Å²) in [4.78, 5) is 4.51. The predicted molar refractivity (Wildman–Crippen MR) is 83.2 cm³/mol. The van der Waals surface area contributed by atoms with Crippen molar-refractivity contribution in [1.82, 2.24) is 0 Å². The molecule has 0 aliphatic carbocycles. The summed E-state index contributed by atoms with van der Waals surface area (Å²) in [5, 5.41) is 1.24. The fraction of sp³-hybridized carbons (Fsp3) is 0. The van der Waals surface area contributed by atoms with Gasteiger partial charge in [0.1, 0.15) is 0 Å². The van der Waals surface area contributed by atoms with E-state index in [0.29, 0.717) is 0 Å². The van der Waals surface area contributed by atoms with E-state index in [1.54, 1.807) is 11.3 Å². The van der Waals surface area contributed by atoms with Crippen LogP contribution in [0.1, 0.15) is 5.56 Å². The van der Waals surface area contributed by atoms with E-state index >= 15 is 0 Å². The number of rotatable bonds is 2. The first kappa shape index (κ1) is 11.6.